The molecule has 10 heteroatoms. The summed E-state index contributed by atoms with van der Waals surface area (Å²) in [6.45, 7) is 1.77. The van der Waals surface area contributed by atoms with Crippen LogP contribution in [0.15, 0.2) is 65.6 Å². The number of benzene rings is 3. The van der Waals surface area contributed by atoms with Crippen molar-refractivity contribution in [2.75, 3.05) is 5.32 Å². The average Bonchev–Trinajstić information content (AvgIpc) is 3.13. The van der Waals surface area contributed by atoms with E-state index in [-0.39, 0.29) is 21.9 Å². The number of hydrogen-bond acceptors (Lipinski definition) is 5. The fourth-order valence-electron chi connectivity index (χ4n) is 3.53. The minimum absolute atomic E-state index is 0.0171. The number of carbonyl (C=O) groups is 1. The van der Waals surface area contributed by atoms with Crippen molar-refractivity contribution in [1.29, 1.82) is 5.41 Å². The maximum Gasteiger partial charge on any atom is 0.258 e. The van der Waals surface area contributed by atoms with Crippen LogP contribution in [0.5, 0.6) is 0 Å². The van der Waals surface area contributed by atoms with Crippen LogP contribution in [0.1, 0.15) is 21.7 Å². The zero-order valence-corrected chi connectivity index (χ0v) is 17.8. The summed E-state index contributed by atoms with van der Waals surface area (Å²) in [5, 5.41) is 15.9. The number of aromatic amines is 1. The number of nitrogens with two attached hydrogens (primary N) is 2. The van der Waals surface area contributed by atoms with Crippen LogP contribution in [-0.4, -0.2) is 30.1 Å². The van der Waals surface area contributed by atoms with Gasteiger partial charge in [0.2, 0.25) is 10.0 Å². The number of fused-ring (bicyclic) bond motifs is 1. The predicted octanol–water partition coefficient (Wildman–Crippen LogP) is 2.72. The number of hydrogen-bond donors (Lipinski definition) is 5. The highest BCUT2D eigenvalue weighted by Crippen LogP contribution is 2.28. The number of sulfonamides is 1. The van der Waals surface area contributed by atoms with Crippen molar-refractivity contribution in [2.24, 2.45) is 10.9 Å². The summed E-state index contributed by atoms with van der Waals surface area (Å²) in [6, 6.07) is 16.4. The molecule has 0 bridgehead atoms. The molecule has 1 heterocycles. The largest absolute Gasteiger partial charge is 0.384 e. The summed E-state index contributed by atoms with van der Waals surface area (Å²) in [6.07, 6.45) is 0. The lowest BCUT2D eigenvalue weighted by atomic mass is 10.0. The summed E-state index contributed by atoms with van der Waals surface area (Å²) in [5.41, 5.74) is 8.81. The number of H-pyrrole nitrogens is 1. The van der Waals surface area contributed by atoms with Gasteiger partial charge >= 0.3 is 0 Å². The number of amides is 1. The number of nitrogens with one attached hydrogen (secondary N) is 3. The van der Waals surface area contributed by atoms with Gasteiger partial charge in [-0.3, -0.25) is 10.2 Å². The molecule has 0 aliphatic carbocycles. The second kappa shape index (κ2) is 7.91. The first-order chi connectivity index (χ1) is 15.1. The summed E-state index contributed by atoms with van der Waals surface area (Å²) in [4.78, 5) is 20.5. The SMILES string of the molecule is Cc1nc2c(C(=O)Nc3ccc(-c4ccccc4S(N)(=O)=O)cc3)c(C(=N)N)ccc2[nH]1. The van der Waals surface area contributed by atoms with Crippen LogP contribution in [-0.2, 0) is 10.0 Å². The fraction of sp³-hybridized carbons (Fsp3) is 0.0455. The van der Waals surface area contributed by atoms with E-state index < -0.39 is 15.9 Å². The van der Waals surface area contributed by atoms with E-state index in [1.54, 1.807) is 61.5 Å². The molecule has 162 valence electrons. The molecule has 32 heavy (non-hydrogen) atoms. The van der Waals surface area contributed by atoms with Crippen LogP contribution in [0.4, 0.5) is 5.69 Å². The molecule has 4 aromatic rings. The molecule has 4 rings (SSSR count). The van der Waals surface area contributed by atoms with Crippen molar-refractivity contribution in [3.63, 3.8) is 0 Å². The summed E-state index contributed by atoms with van der Waals surface area (Å²) >= 11 is 0. The van der Waals surface area contributed by atoms with Gasteiger partial charge < -0.3 is 16.0 Å². The van der Waals surface area contributed by atoms with E-state index in [2.05, 4.69) is 15.3 Å². The summed E-state index contributed by atoms with van der Waals surface area (Å²) < 4.78 is 23.8. The van der Waals surface area contributed by atoms with E-state index >= 15 is 0 Å². The lowest BCUT2D eigenvalue weighted by Crippen LogP contribution is -2.21. The molecule has 7 N–H and O–H groups in total. The number of nitrogens with zero attached hydrogens (tertiary/aromatic N) is 1. The number of amidine groups is 1. The zero-order chi connectivity index (χ0) is 23.0. The fourth-order valence-corrected chi connectivity index (χ4v) is 4.29. The van der Waals surface area contributed by atoms with Crippen LogP contribution in [0.2, 0.25) is 0 Å². The van der Waals surface area contributed by atoms with Crippen LogP contribution >= 0.6 is 0 Å². The molecule has 3 aromatic carbocycles. The number of aromatic nitrogens is 2. The maximum absolute atomic E-state index is 13.1. The first kappa shape index (κ1) is 21.2. The van der Waals surface area contributed by atoms with Gasteiger partial charge in [-0.05, 0) is 42.8 Å². The number of rotatable bonds is 5. The van der Waals surface area contributed by atoms with Crippen molar-refractivity contribution >= 4 is 38.5 Å². The molecule has 0 fully saturated rings. The van der Waals surface area contributed by atoms with E-state index in [1.165, 1.54) is 6.07 Å². The Balaban J connectivity index is 1.68. The molecule has 0 aliphatic heterocycles. The van der Waals surface area contributed by atoms with Crippen LogP contribution < -0.4 is 16.2 Å². The third-order valence-corrected chi connectivity index (χ3v) is 5.91. The Bertz CT molecular complexity index is 1470. The predicted molar refractivity (Wildman–Crippen MR) is 123 cm³/mol. The van der Waals surface area contributed by atoms with Gasteiger partial charge in [-0.2, -0.15) is 0 Å². The number of carbonyl (C=O) groups excluding carboxylic acids is 1. The summed E-state index contributed by atoms with van der Waals surface area (Å²) in [5.74, 6) is -0.0785. The highest BCUT2D eigenvalue weighted by atomic mass is 32.2. The van der Waals surface area contributed by atoms with Crippen LogP contribution in [0.25, 0.3) is 22.2 Å². The molecular weight excluding hydrogens is 428 g/mol. The molecule has 0 saturated heterocycles. The van der Waals surface area contributed by atoms with Crippen LogP contribution in [0.3, 0.4) is 0 Å². The average molecular weight is 449 g/mol. The minimum atomic E-state index is -3.89. The summed E-state index contributed by atoms with van der Waals surface area (Å²) in [7, 11) is -3.89. The molecule has 9 nitrogen and oxygen atoms in total. The highest BCUT2D eigenvalue weighted by Gasteiger charge is 2.20. The lowest BCUT2D eigenvalue weighted by Gasteiger charge is -2.12. The third kappa shape index (κ3) is 3.96. The second-order valence-corrected chi connectivity index (χ2v) is 8.72. The Morgan fingerprint density at radius 2 is 1.75 bits per heavy atom. The smallest absolute Gasteiger partial charge is 0.258 e. The normalized spacial score (nSPS) is 11.4. The van der Waals surface area contributed by atoms with Gasteiger partial charge in [0.05, 0.1) is 16.0 Å². The molecule has 0 spiro atoms. The molecule has 0 radical (unpaired) electrons. The standard InChI is InChI=1S/C22H20N6O3S/c1-12-26-17-11-10-16(21(23)24)19(20(17)27-12)22(29)28-14-8-6-13(7-9-14)15-4-2-3-5-18(15)32(25,30)31/h2-11H,1H3,(H3,23,24)(H,26,27)(H,28,29)(H2,25,30,31). The van der Waals surface area contributed by atoms with Gasteiger partial charge in [0, 0.05) is 16.8 Å². The van der Waals surface area contributed by atoms with E-state index in [9.17, 15) is 13.2 Å². The van der Waals surface area contributed by atoms with Crippen molar-refractivity contribution in [3.05, 3.63) is 77.6 Å². The molecular formula is C22H20N6O3S. The van der Waals surface area contributed by atoms with Gasteiger partial charge in [0.1, 0.15) is 17.2 Å². The van der Waals surface area contributed by atoms with Gasteiger partial charge in [0.15, 0.2) is 0 Å². The Morgan fingerprint density at radius 3 is 2.41 bits per heavy atom. The maximum atomic E-state index is 13.1. The van der Waals surface area contributed by atoms with Crippen molar-refractivity contribution in [3.8, 4) is 11.1 Å². The molecule has 1 amide bonds. The lowest BCUT2D eigenvalue weighted by molar-refractivity contribution is 0.102. The van der Waals surface area contributed by atoms with Gasteiger partial charge in [0.25, 0.3) is 5.91 Å². The second-order valence-electron chi connectivity index (χ2n) is 7.19. The number of primary sulfonamides is 1. The Kier molecular flexibility index (Phi) is 5.25. The first-order valence-electron chi connectivity index (χ1n) is 9.52. The molecule has 0 unspecified atom stereocenters. The van der Waals surface area contributed by atoms with E-state index in [4.69, 9.17) is 16.3 Å². The molecule has 1 aromatic heterocycles. The monoisotopic (exact) mass is 448 g/mol. The topological polar surface area (TPSA) is 168 Å². The third-order valence-electron chi connectivity index (χ3n) is 4.94. The van der Waals surface area contributed by atoms with Gasteiger partial charge in [-0.15, -0.1) is 0 Å². The van der Waals surface area contributed by atoms with E-state index in [1.807, 2.05) is 0 Å². The van der Waals surface area contributed by atoms with E-state index in [0.717, 1.165) is 0 Å². The quantitative estimate of drug-likeness (QED) is 0.233. The van der Waals surface area contributed by atoms with E-state index in [0.29, 0.717) is 33.7 Å². The Morgan fingerprint density at radius 1 is 1.06 bits per heavy atom. The first-order valence-corrected chi connectivity index (χ1v) is 11.1. The van der Waals surface area contributed by atoms with Gasteiger partial charge in [-0.25, -0.2) is 18.5 Å². The van der Waals surface area contributed by atoms with Gasteiger partial charge in [-0.1, -0.05) is 30.3 Å². The molecule has 0 saturated carbocycles. The number of anilines is 1. The number of aryl methyl sites for hydroxylation is 1. The van der Waals surface area contributed by atoms with Crippen molar-refractivity contribution in [2.45, 2.75) is 11.8 Å². The Hall–Kier alpha value is -4.02. The number of imidazole rings is 1. The van der Waals surface area contributed by atoms with Crippen molar-refractivity contribution < 1.29 is 13.2 Å². The molecule has 0 aliphatic rings. The van der Waals surface area contributed by atoms with Crippen molar-refractivity contribution in [1.82, 2.24) is 9.97 Å². The minimum Gasteiger partial charge on any atom is -0.384 e. The molecule has 0 atom stereocenters. The Labute approximate surface area is 184 Å². The zero-order valence-electron chi connectivity index (χ0n) is 17.0. The highest BCUT2D eigenvalue weighted by molar-refractivity contribution is 7.89. The number of nitrogen functional groups attached to an aromatic ring is 1. The van der Waals surface area contributed by atoms with Crippen LogP contribution in [0, 0.1) is 12.3 Å².